The smallest absolute Gasteiger partial charge is 0.254 e. The number of nitrogens with one attached hydrogen (secondary N) is 1. The molecular formula is C18H22FN3O2. The molecule has 24 heavy (non-hydrogen) atoms. The fourth-order valence-corrected chi connectivity index (χ4v) is 2.89. The summed E-state index contributed by atoms with van der Waals surface area (Å²) in [5.74, 6) is -0.348. The Morgan fingerprint density at radius 2 is 2.21 bits per heavy atom. The third kappa shape index (κ3) is 3.48. The van der Waals surface area contributed by atoms with Crippen LogP contribution in [0.1, 0.15) is 59.8 Å². The maximum atomic E-state index is 13.7. The summed E-state index contributed by atoms with van der Waals surface area (Å²) in [5.41, 5.74) is 1.73. The van der Waals surface area contributed by atoms with Gasteiger partial charge < -0.3 is 10.4 Å². The van der Waals surface area contributed by atoms with Crippen molar-refractivity contribution in [3.05, 3.63) is 53.1 Å². The molecule has 1 aromatic heterocycles. The zero-order chi connectivity index (χ0) is 17.1. The molecule has 3 rings (SSSR count). The number of amides is 1. The summed E-state index contributed by atoms with van der Waals surface area (Å²) in [6.07, 6.45) is 3.62. The molecule has 0 spiro atoms. The van der Waals surface area contributed by atoms with Crippen LogP contribution in [0.25, 0.3) is 0 Å². The average molecular weight is 331 g/mol. The van der Waals surface area contributed by atoms with E-state index in [2.05, 4.69) is 17.3 Å². The molecule has 1 heterocycles. The highest BCUT2D eigenvalue weighted by Gasteiger charge is 2.32. The highest BCUT2D eigenvalue weighted by molar-refractivity contribution is 5.95. The lowest BCUT2D eigenvalue weighted by Gasteiger charge is -2.13. The Labute approximate surface area is 140 Å². The van der Waals surface area contributed by atoms with Gasteiger partial charge in [0, 0.05) is 24.6 Å². The van der Waals surface area contributed by atoms with E-state index in [9.17, 15) is 14.3 Å². The van der Waals surface area contributed by atoms with Gasteiger partial charge in [0.2, 0.25) is 0 Å². The second-order valence-corrected chi connectivity index (χ2v) is 6.19. The van der Waals surface area contributed by atoms with Gasteiger partial charge in [-0.3, -0.25) is 9.48 Å². The zero-order valence-electron chi connectivity index (χ0n) is 13.7. The Balaban J connectivity index is 1.68. The van der Waals surface area contributed by atoms with Gasteiger partial charge in [0.15, 0.2) is 0 Å². The number of benzene rings is 1. The Morgan fingerprint density at radius 1 is 1.46 bits per heavy atom. The van der Waals surface area contributed by atoms with Crippen LogP contribution in [0.3, 0.4) is 0 Å². The predicted molar refractivity (Wildman–Crippen MR) is 88.2 cm³/mol. The maximum absolute atomic E-state index is 13.7. The maximum Gasteiger partial charge on any atom is 0.254 e. The van der Waals surface area contributed by atoms with Crippen molar-refractivity contribution in [3.8, 4) is 0 Å². The molecule has 5 nitrogen and oxygen atoms in total. The highest BCUT2D eigenvalue weighted by atomic mass is 19.1. The van der Waals surface area contributed by atoms with Gasteiger partial charge >= 0.3 is 0 Å². The number of nitrogens with zero attached hydrogens (tertiary/aromatic N) is 2. The molecule has 1 fully saturated rings. The van der Waals surface area contributed by atoms with Crippen LogP contribution in [0.5, 0.6) is 0 Å². The summed E-state index contributed by atoms with van der Waals surface area (Å²) >= 11 is 0. The molecule has 1 aliphatic carbocycles. The highest BCUT2D eigenvalue weighted by Crippen LogP contribution is 2.41. The molecule has 1 saturated carbocycles. The molecule has 6 heteroatoms. The number of carbonyl (C=O) groups is 1. The summed E-state index contributed by atoms with van der Waals surface area (Å²) in [5, 5.41) is 17.1. The topological polar surface area (TPSA) is 67.2 Å². The minimum Gasteiger partial charge on any atom is -0.386 e. The molecule has 0 radical (unpaired) electrons. The SMILES string of the molecule is CCCn1ncc(C(=O)NCC(O)c2ccccc2F)c1C1CC1. The van der Waals surface area contributed by atoms with Gasteiger partial charge in [0.1, 0.15) is 5.82 Å². The van der Waals surface area contributed by atoms with Gasteiger partial charge in [-0.1, -0.05) is 25.1 Å². The molecule has 0 aliphatic heterocycles. The first-order chi connectivity index (χ1) is 11.6. The summed E-state index contributed by atoms with van der Waals surface area (Å²) in [6, 6.07) is 6.03. The van der Waals surface area contributed by atoms with E-state index in [1.165, 1.54) is 12.1 Å². The van der Waals surface area contributed by atoms with E-state index in [0.717, 1.165) is 31.5 Å². The summed E-state index contributed by atoms with van der Waals surface area (Å²) < 4.78 is 15.6. The van der Waals surface area contributed by atoms with Crippen LogP contribution in [-0.4, -0.2) is 27.3 Å². The van der Waals surface area contributed by atoms with Crippen molar-refractivity contribution in [3.63, 3.8) is 0 Å². The van der Waals surface area contributed by atoms with E-state index in [1.54, 1.807) is 18.3 Å². The molecule has 2 aromatic rings. The Kier molecular flexibility index (Phi) is 4.94. The zero-order valence-corrected chi connectivity index (χ0v) is 13.7. The third-order valence-electron chi connectivity index (χ3n) is 4.24. The standard InChI is InChI=1S/C18H22FN3O2/c1-2-9-22-17(12-7-8-12)14(10-21-22)18(24)20-11-16(23)13-5-3-4-6-15(13)19/h3-6,10,12,16,23H,2,7-9,11H2,1H3,(H,20,24). The van der Waals surface area contributed by atoms with Crippen LogP contribution < -0.4 is 5.32 Å². The first-order valence-corrected chi connectivity index (χ1v) is 8.38. The second-order valence-electron chi connectivity index (χ2n) is 6.19. The van der Waals surface area contributed by atoms with Gasteiger partial charge in [0.05, 0.1) is 23.6 Å². The summed E-state index contributed by atoms with van der Waals surface area (Å²) in [7, 11) is 0. The molecular weight excluding hydrogens is 309 g/mol. The van der Waals surface area contributed by atoms with Crippen molar-refractivity contribution in [1.29, 1.82) is 0 Å². The first-order valence-electron chi connectivity index (χ1n) is 8.38. The van der Waals surface area contributed by atoms with Crippen LogP contribution >= 0.6 is 0 Å². The van der Waals surface area contributed by atoms with E-state index >= 15 is 0 Å². The van der Waals surface area contributed by atoms with Crippen LogP contribution in [0.2, 0.25) is 0 Å². The Morgan fingerprint density at radius 3 is 2.88 bits per heavy atom. The van der Waals surface area contributed by atoms with Gasteiger partial charge in [-0.2, -0.15) is 5.10 Å². The van der Waals surface area contributed by atoms with Crippen molar-refractivity contribution >= 4 is 5.91 Å². The fraction of sp³-hybridized carbons (Fsp3) is 0.444. The number of aromatic nitrogens is 2. The molecule has 2 N–H and O–H groups in total. The molecule has 0 saturated heterocycles. The minimum absolute atomic E-state index is 0.0389. The number of hydrogen-bond donors (Lipinski definition) is 2. The molecule has 1 aromatic carbocycles. The van der Waals surface area contributed by atoms with Crippen molar-refractivity contribution in [2.45, 2.75) is 44.8 Å². The Hall–Kier alpha value is -2.21. The van der Waals surface area contributed by atoms with E-state index in [-0.39, 0.29) is 18.0 Å². The van der Waals surface area contributed by atoms with Gasteiger partial charge in [-0.15, -0.1) is 0 Å². The van der Waals surface area contributed by atoms with E-state index < -0.39 is 11.9 Å². The fourth-order valence-electron chi connectivity index (χ4n) is 2.89. The monoisotopic (exact) mass is 331 g/mol. The largest absolute Gasteiger partial charge is 0.386 e. The van der Waals surface area contributed by atoms with Crippen molar-refractivity contribution in [1.82, 2.24) is 15.1 Å². The average Bonchev–Trinajstić information content (AvgIpc) is 3.33. The van der Waals surface area contributed by atoms with Gasteiger partial charge in [0.25, 0.3) is 5.91 Å². The number of halogens is 1. The van der Waals surface area contributed by atoms with Crippen LogP contribution in [0, 0.1) is 5.82 Å². The molecule has 0 bridgehead atoms. The van der Waals surface area contributed by atoms with Crippen LogP contribution in [-0.2, 0) is 6.54 Å². The number of aliphatic hydroxyl groups is 1. The third-order valence-corrected chi connectivity index (χ3v) is 4.24. The molecule has 128 valence electrons. The van der Waals surface area contributed by atoms with E-state index in [0.29, 0.717) is 11.5 Å². The second kappa shape index (κ2) is 7.13. The number of hydrogen-bond acceptors (Lipinski definition) is 3. The lowest BCUT2D eigenvalue weighted by molar-refractivity contribution is 0.0913. The van der Waals surface area contributed by atoms with Crippen LogP contribution in [0.4, 0.5) is 4.39 Å². The molecule has 1 unspecified atom stereocenters. The summed E-state index contributed by atoms with van der Waals surface area (Å²) in [6.45, 7) is 2.82. The normalized spacial score (nSPS) is 15.3. The van der Waals surface area contributed by atoms with Gasteiger partial charge in [-0.05, 0) is 25.3 Å². The Bertz CT molecular complexity index is 725. The first kappa shape index (κ1) is 16.6. The number of carbonyl (C=O) groups excluding carboxylic acids is 1. The molecule has 1 aliphatic rings. The van der Waals surface area contributed by atoms with Gasteiger partial charge in [-0.25, -0.2) is 4.39 Å². The molecule has 1 atom stereocenters. The number of rotatable bonds is 7. The van der Waals surface area contributed by atoms with E-state index in [4.69, 9.17) is 0 Å². The number of aryl methyl sites for hydroxylation is 1. The van der Waals surface area contributed by atoms with E-state index in [1.807, 2.05) is 4.68 Å². The minimum atomic E-state index is -1.08. The van der Waals surface area contributed by atoms with Crippen molar-refractivity contribution < 1.29 is 14.3 Å². The summed E-state index contributed by atoms with van der Waals surface area (Å²) in [4.78, 5) is 12.5. The number of aliphatic hydroxyl groups excluding tert-OH is 1. The van der Waals surface area contributed by atoms with Crippen molar-refractivity contribution in [2.75, 3.05) is 6.54 Å². The van der Waals surface area contributed by atoms with Crippen LogP contribution in [0.15, 0.2) is 30.5 Å². The lowest BCUT2D eigenvalue weighted by Crippen LogP contribution is -2.29. The molecule has 1 amide bonds. The van der Waals surface area contributed by atoms with Crippen molar-refractivity contribution in [2.24, 2.45) is 0 Å². The lowest BCUT2D eigenvalue weighted by atomic mass is 10.1. The quantitative estimate of drug-likeness (QED) is 0.820. The predicted octanol–water partition coefficient (Wildman–Crippen LogP) is 2.77.